The van der Waals surface area contributed by atoms with Gasteiger partial charge in [-0.05, 0) is 29.8 Å². The fourth-order valence-corrected chi connectivity index (χ4v) is 3.95. The number of nitrogens with one attached hydrogen (secondary N) is 2. The van der Waals surface area contributed by atoms with Crippen molar-refractivity contribution >= 4 is 58.0 Å². The predicted octanol–water partition coefficient (Wildman–Crippen LogP) is 4.02. The van der Waals surface area contributed by atoms with Crippen LogP contribution < -0.4 is 20.3 Å². The predicted molar refractivity (Wildman–Crippen MR) is 113 cm³/mol. The van der Waals surface area contributed by atoms with E-state index in [1.807, 2.05) is 12.1 Å². The van der Waals surface area contributed by atoms with E-state index in [9.17, 15) is 9.59 Å². The van der Waals surface area contributed by atoms with Gasteiger partial charge in [-0.25, -0.2) is 4.98 Å². The first-order valence-corrected chi connectivity index (χ1v) is 9.71. The van der Waals surface area contributed by atoms with Crippen molar-refractivity contribution in [3.8, 4) is 5.88 Å². The van der Waals surface area contributed by atoms with E-state index < -0.39 is 0 Å². The van der Waals surface area contributed by atoms with Crippen LogP contribution in [0.4, 0.5) is 23.0 Å². The van der Waals surface area contributed by atoms with Gasteiger partial charge in [0.2, 0.25) is 17.7 Å². The maximum absolute atomic E-state index is 12.9. The number of hydrogen-bond acceptors (Lipinski definition) is 6. The molecular weight excluding hydrogens is 429 g/mol. The lowest BCUT2D eigenvalue weighted by atomic mass is 10.1. The second-order valence-corrected chi connectivity index (χ2v) is 7.53. The number of halogens is 2. The summed E-state index contributed by atoms with van der Waals surface area (Å²) in [6.45, 7) is -0.0867. The number of para-hydroxylation sites is 1. The number of nitrogens with zero attached hydrogens (tertiary/aromatic N) is 3. The van der Waals surface area contributed by atoms with Crippen LogP contribution >= 0.6 is 23.2 Å². The first kappa shape index (κ1) is 18.7. The molecule has 0 spiro atoms. The molecular formula is C20H13Cl2N5O3. The SMILES string of the molecule is O=C1Cc2ccc(Nc3ncc4c(n3)OCN(c3c(Cl)cccc3Cl)C4=O)cc2N1. The Hall–Kier alpha value is -3.36. The van der Waals surface area contributed by atoms with E-state index in [2.05, 4.69) is 20.6 Å². The number of ether oxygens (including phenoxy) is 1. The topological polar surface area (TPSA) is 96.4 Å². The second kappa shape index (κ2) is 7.16. The molecule has 0 saturated heterocycles. The molecule has 2 N–H and O–H groups in total. The molecule has 0 bridgehead atoms. The Morgan fingerprint density at radius 2 is 1.93 bits per heavy atom. The molecule has 150 valence electrons. The molecule has 2 amide bonds. The van der Waals surface area contributed by atoms with Crippen LogP contribution in [-0.4, -0.2) is 28.5 Å². The van der Waals surface area contributed by atoms with E-state index in [1.165, 1.54) is 11.1 Å². The van der Waals surface area contributed by atoms with Crippen molar-refractivity contribution < 1.29 is 14.3 Å². The molecule has 3 heterocycles. The lowest BCUT2D eigenvalue weighted by Gasteiger charge is -2.29. The van der Waals surface area contributed by atoms with E-state index in [0.717, 1.165) is 11.3 Å². The van der Waals surface area contributed by atoms with Gasteiger partial charge in [0.15, 0.2) is 6.73 Å². The molecule has 30 heavy (non-hydrogen) atoms. The van der Waals surface area contributed by atoms with Crippen molar-refractivity contribution in [2.45, 2.75) is 6.42 Å². The van der Waals surface area contributed by atoms with E-state index in [4.69, 9.17) is 27.9 Å². The fourth-order valence-electron chi connectivity index (χ4n) is 3.35. The van der Waals surface area contributed by atoms with E-state index >= 15 is 0 Å². The number of rotatable bonds is 3. The normalized spacial score (nSPS) is 14.7. The number of fused-ring (bicyclic) bond motifs is 2. The van der Waals surface area contributed by atoms with Crippen LogP contribution in [0.5, 0.6) is 5.88 Å². The summed E-state index contributed by atoms with van der Waals surface area (Å²) in [5.74, 6) is 0.0155. The molecule has 0 aliphatic carbocycles. The van der Waals surface area contributed by atoms with Crippen molar-refractivity contribution in [2.24, 2.45) is 0 Å². The zero-order valence-corrected chi connectivity index (χ0v) is 16.8. The number of carbonyl (C=O) groups is 2. The van der Waals surface area contributed by atoms with Crippen molar-refractivity contribution in [3.63, 3.8) is 0 Å². The van der Waals surface area contributed by atoms with Crippen molar-refractivity contribution in [3.05, 3.63) is 63.8 Å². The van der Waals surface area contributed by atoms with Gasteiger partial charge in [0, 0.05) is 17.6 Å². The molecule has 8 nitrogen and oxygen atoms in total. The molecule has 2 aromatic carbocycles. The number of amides is 2. The Morgan fingerprint density at radius 3 is 2.73 bits per heavy atom. The van der Waals surface area contributed by atoms with Gasteiger partial charge in [0.25, 0.3) is 5.91 Å². The summed E-state index contributed by atoms with van der Waals surface area (Å²) in [5.41, 5.74) is 2.95. The number of aromatic nitrogens is 2. The summed E-state index contributed by atoms with van der Waals surface area (Å²) >= 11 is 12.4. The molecule has 0 fully saturated rings. The first-order valence-electron chi connectivity index (χ1n) is 8.95. The van der Waals surface area contributed by atoms with Crippen LogP contribution in [0, 0.1) is 0 Å². The summed E-state index contributed by atoms with van der Waals surface area (Å²) in [6.07, 6.45) is 1.76. The zero-order chi connectivity index (χ0) is 20.8. The molecule has 3 aromatic rings. The molecule has 2 aliphatic heterocycles. The lowest BCUT2D eigenvalue weighted by Crippen LogP contribution is -2.39. The fraction of sp³-hybridized carbons (Fsp3) is 0.100. The standard InChI is InChI=1S/C20H13Cl2N5O3/c21-13-2-1-3-14(22)17(13)27-9-30-18-12(19(27)29)8-23-20(26-18)24-11-5-4-10-6-16(28)25-15(10)7-11/h1-5,7-8H,6,9H2,(H,25,28)(H,23,24,26). The number of carbonyl (C=O) groups excluding carboxylic acids is 2. The highest BCUT2D eigenvalue weighted by Crippen LogP contribution is 2.37. The van der Waals surface area contributed by atoms with Gasteiger partial charge in [-0.2, -0.15) is 4.98 Å². The summed E-state index contributed by atoms with van der Waals surface area (Å²) in [4.78, 5) is 34.3. The first-order chi connectivity index (χ1) is 14.5. The van der Waals surface area contributed by atoms with Crippen LogP contribution in [-0.2, 0) is 11.2 Å². The number of anilines is 4. The Labute approximate surface area is 180 Å². The van der Waals surface area contributed by atoms with E-state index in [1.54, 1.807) is 24.3 Å². The summed E-state index contributed by atoms with van der Waals surface area (Å²) in [6, 6.07) is 10.5. The quantitative estimate of drug-likeness (QED) is 0.636. The highest BCUT2D eigenvalue weighted by atomic mass is 35.5. The highest BCUT2D eigenvalue weighted by molar-refractivity contribution is 6.40. The Morgan fingerprint density at radius 1 is 1.13 bits per heavy atom. The van der Waals surface area contributed by atoms with Gasteiger partial charge >= 0.3 is 0 Å². The third-order valence-corrected chi connectivity index (χ3v) is 5.37. The van der Waals surface area contributed by atoms with Crippen LogP contribution in [0.3, 0.4) is 0 Å². The molecule has 2 aliphatic rings. The third-order valence-electron chi connectivity index (χ3n) is 4.76. The van der Waals surface area contributed by atoms with Crippen molar-refractivity contribution in [1.29, 1.82) is 0 Å². The van der Waals surface area contributed by atoms with Gasteiger partial charge < -0.3 is 15.4 Å². The van der Waals surface area contributed by atoms with E-state index in [0.29, 0.717) is 27.8 Å². The lowest BCUT2D eigenvalue weighted by molar-refractivity contribution is -0.115. The summed E-state index contributed by atoms with van der Waals surface area (Å²) in [7, 11) is 0. The Balaban J connectivity index is 1.40. The molecule has 5 rings (SSSR count). The average molecular weight is 442 g/mol. The van der Waals surface area contributed by atoms with Gasteiger partial charge in [-0.1, -0.05) is 35.3 Å². The van der Waals surface area contributed by atoms with Crippen LogP contribution in [0.2, 0.25) is 10.0 Å². The van der Waals surface area contributed by atoms with Crippen molar-refractivity contribution in [1.82, 2.24) is 9.97 Å². The van der Waals surface area contributed by atoms with Crippen molar-refractivity contribution in [2.75, 3.05) is 22.3 Å². The van der Waals surface area contributed by atoms with Crippen LogP contribution in [0.25, 0.3) is 0 Å². The maximum atomic E-state index is 12.9. The van der Waals surface area contributed by atoms with Crippen LogP contribution in [0.15, 0.2) is 42.6 Å². The van der Waals surface area contributed by atoms with Crippen LogP contribution in [0.1, 0.15) is 15.9 Å². The Bertz CT molecular complexity index is 1200. The molecule has 10 heteroatoms. The maximum Gasteiger partial charge on any atom is 0.268 e. The van der Waals surface area contributed by atoms with Gasteiger partial charge in [-0.15, -0.1) is 0 Å². The molecule has 0 atom stereocenters. The van der Waals surface area contributed by atoms with Gasteiger partial charge in [-0.3, -0.25) is 14.5 Å². The number of benzene rings is 2. The summed E-state index contributed by atoms with van der Waals surface area (Å²) < 4.78 is 5.68. The van der Waals surface area contributed by atoms with Gasteiger partial charge in [0.1, 0.15) is 5.56 Å². The second-order valence-electron chi connectivity index (χ2n) is 6.71. The average Bonchev–Trinajstić information content (AvgIpc) is 3.09. The molecule has 1 aromatic heterocycles. The monoisotopic (exact) mass is 441 g/mol. The summed E-state index contributed by atoms with van der Waals surface area (Å²) in [5, 5.41) is 6.52. The third kappa shape index (κ3) is 3.20. The van der Waals surface area contributed by atoms with E-state index in [-0.39, 0.29) is 35.9 Å². The molecule has 0 unspecified atom stereocenters. The number of hydrogen-bond donors (Lipinski definition) is 2. The largest absolute Gasteiger partial charge is 0.455 e. The molecule has 0 radical (unpaired) electrons. The zero-order valence-electron chi connectivity index (χ0n) is 15.3. The minimum absolute atomic E-state index is 0.0396. The highest BCUT2D eigenvalue weighted by Gasteiger charge is 2.31. The smallest absolute Gasteiger partial charge is 0.268 e. The minimum Gasteiger partial charge on any atom is -0.455 e. The van der Waals surface area contributed by atoms with Gasteiger partial charge in [0.05, 0.1) is 22.2 Å². The Kier molecular flexibility index (Phi) is 4.45. The minimum atomic E-state index is -0.363. The molecule has 0 saturated carbocycles.